The standard InChI is InChI=1S/C13H27N2O2P/c1-2-3-4-5-6-7-8-9-10-13-17-18(16)14-11-12-15-18/h2H,1,3-13H2,(H2,14,15,16). The first-order valence-corrected chi connectivity index (χ1v) is 8.75. The highest BCUT2D eigenvalue weighted by atomic mass is 31.2. The molecule has 1 fully saturated rings. The second kappa shape index (κ2) is 9.74. The lowest BCUT2D eigenvalue weighted by molar-refractivity contribution is 0.294. The second-order valence-electron chi connectivity index (χ2n) is 4.75. The molecule has 106 valence electrons. The quantitative estimate of drug-likeness (QED) is 0.343. The molecule has 1 aliphatic heterocycles. The van der Waals surface area contributed by atoms with Gasteiger partial charge in [-0.15, -0.1) is 6.58 Å². The van der Waals surface area contributed by atoms with Crippen LogP contribution in [-0.4, -0.2) is 19.7 Å². The molecule has 0 radical (unpaired) electrons. The highest BCUT2D eigenvalue weighted by Crippen LogP contribution is 2.39. The van der Waals surface area contributed by atoms with Crippen molar-refractivity contribution in [2.75, 3.05) is 19.7 Å². The largest absolute Gasteiger partial charge is 0.340 e. The third-order valence-electron chi connectivity index (χ3n) is 3.09. The number of allylic oxidation sites excluding steroid dienone is 1. The van der Waals surface area contributed by atoms with Gasteiger partial charge in [0.25, 0.3) is 0 Å². The Morgan fingerprint density at radius 1 is 1.00 bits per heavy atom. The van der Waals surface area contributed by atoms with Crippen molar-refractivity contribution in [2.45, 2.75) is 51.4 Å². The summed E-state index contributed by atoms with van der Waals surface area (Å²) in [4.78, 5) is 0. The molecule has 0 unspecified atom stereocenters. The van der Waals surface area contributed by atoms with Gasteiger partial charge in [-0.2, -0.15) is 0 Å². The highest BCUT2D eigenvalue weighted by molar-refractivity contribution is 7.55. The van der Waals surface area contributed by atoms with E-state index >= 15 is 0 Å². The summed E-state index contributed by atoms with van der Waals surface area (Å²) < 4.78 is 17.2. The van der Waals surface area contributed by atoms with Crippen molar-refractivity contribution in [1.29, 1.82) is 0 Å². The molecule has 0 bridgehead atoms. The van der Waals surface area contributed by atoms with E-state index in [2.05, 4.69) is 16.8 Å². The zero-order chi connectivity index (χ0) is 13.1. The van der Waals surface area contributed by atoms with Crippen LogP contribution >= 0.6 is 7.67 Å². The van der Waals surface area contributed by atoms with Crippen molar-refractivity contribution >= 4 is 7.67 Å². The first-order valence-electron chi connectivity index (χ1n) is 7.12. The van der Waals surface area contributed by atoms with Gasteiger partial charge in [0, 0.05) is 13.1 Å². The Labute approximate surface area is 111 Å². The number of nitrogens with one attached hydrogen (secondary N) is 2. The fraction of sp³-hybridized carbons (Fsp3) is 0.846. The normalized spacial score (nSPS) is 18.0. The summed E-state index contributed by atoms with van der Waals surface area (Å²) in [5.74, 6) is 0. The molecule has 0 spiro atoms. The van der Waals surface area contributed by atoms with Crippen molar-refractivity contribution < 1.29 is 9.09 Å². The first kappa shape index (κ1) is 15.9. The molecule has 1 aliphatic rings. The van der Waals surface area contributed by atoms with Crippen LogP contribution < -0.4 is 10.2 Å². The molecular formula is C13H27N2O2P. The maximum Gasteiger partial charge on any atom is 0.340 e. The Kier molecular flexibility index (Phi) is 8.60. The predicted octanol–water partition coefficient (Wildman–Crippen LogP) is 3.61. The van der Waals surface area contributed by atoms with Crippen LogP contribution in [0.5, 0.6) is 0 Å². The molecule has 0 aromatic rings. The third-order valence-corrected chi connectivity index (χ3v) is 4.92. The van der Waals surface area contributed by atoms with Crippen LogP contribution in [0.4, 0.5) is 0 Å². The van der Waals surface area contributed by atoms with Crippen LogP contribution in [0.15, 0.2) is 12.7 Å². The van der Waals surface area contributed by atoms with Gasteiger partial charge in [-0.05, 0) is 19.3 Å². The Bertz CT molecular complexity index is 262. The summed E-state index contributed by atoms with van der Waals surface area (Å²) >= 11 is 0. The molecule has 0 aromatic carbocycles. The van der Waals surface area contributed by atoms with Crippen molar-refractivity contribution in [3.8, 4) is 0 Å². The minimum absolute atomic E-state index is 0.591. The molecule has 4 nitrogen and oxygen atoms in total. The van der Waals surface area contributed by atoms with Crippen molar-refractivity contribution in [2.24, 2.45) is 0 Å². The molecule has 18 heavy (non-hydrogen) atoms. The summed E-state index contributed by atoms with van der Waals surface area (Å²) in [5, 5.41) is 5.76. The molecule has 0 aromatic heterocycles. The van der Waals surface area contributed by atoms with Gasteiger partial charge in [0.2, 0.25) is 0 Å². The van der Waals surface area contributed by atoms with E-state index in [4.69, 9.17) is 4.52 Å². The van der Waals surface area contributed by atoms with E-state index in [-0.39, 0.29) is 0 Å². The molecule has 1 saturated heterocycles. The molecule has 0 saturated carbocycles. The van der Waals surface area contributed by atoms with Gasteiger partial charge in [0.1, 0.15) is 0 Å². The average Bonchev–Trinajstić information content (AvgIpc) is 2.79. The Morgan fingerprint density at radius 3 is 2.17 bits per heavy atom. The van der Waals surface area contributed by atoms with Crippen LogP contribution in [0.25, 0.3) is 0 Å². The smallest absolute Gasteiger partial charge is 0.306 e. The predicted molar refractivity (Wildman–Crippen MR) is 76.7 cm³/mol. The first-order chi connectivity index (χ1) is 8.77. The highest BCUT2D eigenvalue weighted by Gasteiger charge is 2.26. The van der Waals surface area contributed by atoms with E-state index in [1.165, 1.54) is 38.5 Å². The molecular weight excluding hydrogens is 247 g/mol. The number of hydrogen-bond acceptors (Lipinski definition) is 2. The molecule has 0 aliphatic carbocycles. The molecule has 2 N–H and O–H groups in total. The van der Waals surface area contributed by atoms with E-state index in [1.807, 2.05) is 6.08 Å². The summed E-state index contributed by atoms with van der Waals surface area (Å²) in [7, 11) is -2.65. The maximum atomic E-state index is 11.8. The van der Waals surface area contributed by atoms with Crippen LogP contribution in [0.1, 0.15) is 51.4 Å². The van der Waals surface area contributed by atoms with E-state index < -0.39 is 7.67 Å². The topological polar surface area (TPSA) is 50.4 Å². The van der Waals surface area contributed by atoms with E-state index in [0.717, 1.165) is 25.9 Å². The van der Waals surface area contributed by atoms with Crippen molar-refractivity contribution in [3.63, 3.8) is 0 Å². The van der Waals surface area contributed by atoms with Crippen LogP contribution in [-0.2, 0) is 9.09 Å². The Morgan fingerprint density at radius 2 is 1.56 bits per heavy atom. The van der Waals surface area contributed by atoms with Gasteiger partial charge in [-0.1, -0.05) is 38.2 Å². The van der Waals surface area contributed by atoms with Gasteiger partial charge in [0.15, 0.2) is 0 Å². The molecule has 5 heteroatoms. The van der Waals surface area contributed by atoms with E-state index in [1.54, 1.807) is 0 Å². The summed E-state index contributed by atoms with van der Waals surface area (Å²) in [6.45, 7) is 5.79. The monoisotopic (exact) mass is 274 g/mol. The average molecular weight is 274 g/mol. The van der Waals surface area contributed by atoms with Crippen LogP contribution in [0.3, 0.4) is 0 Å². The number of rotatable bonds is 11. The van der Waals surface area contributed by atoms with Crippen molar-refractivity contribution in [1.82, 2.24) is 10.2 Å². The van der Waals surface area contributed by atoms with E-state index in [9.17, 15) is 4.57 Å². The summed E-state index contributed by atoms with van der Waals surface area (Å²) in [5.41, 5.74) is 0. The fourth-order valence-corrected chi connectivity index (χ4v) is 3.51. The zero-order valence-electron chi connectivity index (χ0n) is 11.3. The van der Waals surface area contributed by atoms with Gasteiger partial charge in [0.05, 0.1) is 6.61 Å². The van der Waals surface area contributed by atoms with Crippen molar-refractivity contribution in [3.05, 3.63) is 12.7 Å². The molecule has 1 rings (SSSR count). The van der Waals surface area contributed by atoms with E-state index in [0.29, 0.717) is 6.61 Å². The number of hydrogen-bond donors (Lipinski definition) is 2. The molecule has 1 heterocycles. The lowest BCUT2D eigenvalue weighted by Crippen LogP contribution is -2.10. The lowest BCUT2D eigenvalue weighted by Gasteiger charge is -2.11. The zero-order valence-corrected chi connectivity index (χ0v) is 12.2. The fourth-order valence-electron chi connectivity index (χ4n) is 2.02. The summed E-state index contributed by atoms with van der Waals surface area (Å²) in [6.07, 6.45) is 11.7. The van der Waals surface area contributed by atoms with Gasteiger partial charge >= 0.3 is 7.67 Å². The minimum Gasteiger partial charge on any atom is -0.306 e. The maximum absolute atomic E-state index is 11.8. The second-order valence-corrected chi connectivity index (χ2v) is 6.75. The Balaban J connectivity index is 1.81. The van der Waals surface area contributed by atoms with Crippen LogP contribution in [0, 0.1) is 0 Å². The van der Waals surface area contributed by atoms with Gasteiger partial charge < -0.3 is 4.52 Å². The summed E-state index contributed by atoms with van der Waals surface area (Å²) in [6, 6.07) is 0. The number of unbranched alkanes of at least 4 members (excludes halogenated alkanes) is 7. The van der Waals surface area contributed by atoms with Gasteiger partial charge in [-0.3, -0.25) is 4.57 Å². The lowest BCUT2D eigenvalue weighted by atomic mass is 10.1. The molecule has 0 atom stereocenters. The molecule has 0 amide bonds. The van der Waals surface area contributed by atoms with Crippen LogP contribution in [0.2, 0.25) is 0 Å². The SMILES string of the molecule is C=CCCCCCCCCCOP1(=O)NCCN1. The Hall–Kier alpha value is -0.150. The van der Waals surface area contributed by atoms with Gasteiger partial charge in [-0.25, -0.2) is 10.2 Å². The minimum atomic E-state index is -2.65. The third kappa shape index (κ3) is 7.32.